The molecule has 0 aliphatic heterocycles. The van der Waals surface area contributed by atoms with Crippen LogP contribution in [-0.4, -0.2) is 36.3 Å². The van der Waals surface area contributed by atoms with Gasteiger partial charge in [0.15, 0.2) is 0 Å². The number of furan rings is 1. The molecule has 0 radical (unpaired) electrons. The highest BCUT2D eigenvalue weighted by Crippen LogP contribution is 2.17. The standard InChI is InChI=1S/C24H34N2O3/c1-4-5-6-10-16-26(24(28)22-18-19(2)29-20(22)3)17-14-23(27)25-15-13-21-11-8-7-9-12-21/h7-9,11-12,18H,4-6,10,13-17H2,1-3H3,(H,25,27). The van der Waals surface area contributed by atoms with Gasteiger partial charge in [0.1, 0.15) is 11.5 Å². The second kappa shape index (κ2) is 12.1. The van der Waals surface area contributed by atoms with Gasteiger partial charge in [-0.05, 0) is 38.3 Å². The molecule has 2 rings (SSSR count). The third-order valence-electron chi connectivity index (χ3n) is 5.03. The van der Waals surface area contributed by atoms with Gasteiger partial charge in [-0.15, -0.1) is 0 Å². The predicted molar refractivity (Wildman–Crippen MR) is 116 cm³/mol. The summed E-state index contributed by atoms with van der Waals surface area (Å²) in [5.74, 6) is 1.30. The first-order valence-corrected chi connectivity index (χ1v) is 10.7. The van der Waals surface area contributed by atoms with Gasteiger partial charge in [0, 0.05) is 26.1 Å². The van der Waals surface area contributed by atoms with Crippen LogP contribution in [0, 0.1) is 13.8 Å². The normalized spacial score (nSPS) is 10.7. The van der Waals surface area contributed by atoms with E-state index < -0.39 is 0 Å². The van der Waals surface area contributed by atoms with E-state index >= 15 is 0 Å². The van der Waals surface area contributed by atoms with Crippen LogP contribution in [0.3, 0.4) is 0 Å². The van der Waals surface area contributed by atoms with E-state index in [9.17, 15) is 9.59 Å². The molecule has 0 aliphatic carbocycles. The molecule has 2 amide bonds. The first-order chi connectivity index (χ1) is 14.0. The highest BCUT2D eigenvalue weighted by Gasteiger charge is 2.21. The van der Waals surface area contributed by atoms with E-state index in [1.807, 2.05) is 32.0 Å². The SMILES string of the molecule is CCCCCCN(CCC(=O)NCCc1ccccc1)C(=O)c1cc(C)oc1C. The predicted octanol–water partition coefficient (Wildman–Crippen LogP) is 4.67. The summed E-state index contributed by atoms with van der Waals surface area (Å²) in [5.41, 5.74) is 1.80. The smallest absolute Gasteiger partial charge is 0.257 e. The Labute approximate surface area is 174 Å². The molecule has 0 fully saturated rings. The number of carbonyl (C=O) groups is 2. The summed E-state index contributed by atoms with van der Waals surface area (Å²) in [6, 6.07) is 11.9. The summed E-state index contributed by atoms with van der Waals surface area (Å²) in [7, 11) is 0. The number of nitrogens with zero attached hydrogens (tertiary/aromatic N) is 1. The van der Waals surface area contributed by atoms with Crippen LogP contribution < -0.4 is 5.32 Å². The fraction of sp³-hybridized carbons (Fsp3) is 0.500. The Bertz CT molecular complexity index is 768. The summed E-state index contributed by atoms with van der Waals surface area (Å²) in [5, 5.41) is 2.96. The van der Waals surface area contributed by atoms with Crippen LogP contribution in [0.4, 0.5) is 0 Å². The lowest BCUT2D eigenvalue weighted by atomic mass is 10.1. The lowest BCUT2D eigenvalue weighted by molar-refractivity contribution is -0.121. The molecule has 0 atom stereocenters. The van der Waals surface area contributed by atoms with Crippen LogP contribution in [-0.2, 0) is 11.2 Å². The molecule has 1 N–H and O–H groups in total. The number of carbonyl (C=O) groups excluding carboxylic acids is 2. The van der Waals surface area contributed by atoms with Crippen LogP contribution in [0.5, 0.6) is 0 Å². The number of aryl methyl sites for hydroxylation is 2. The number of nitrogens with one attached hydrogen (secondary N) is 1. The van der Waals surface area contributed by atoms with E-state index in [1.165, 1.54) is 5.56 Å². The molecule has 158 valence electrons. The van der Waals surface area contributed by atoms with Crippen molar-refractivity contribution >= 4 is 11.8 Å². The Morgan fingerprint density at radius 2 is 1.79 bits per heavy atom. The van der Waals surface area contributed by atoms with Crippen molar-refractivity contribution < 1.29 is 14.0 Å². The van der Waals surface area contributed by atoms with Crippen molar-refractivity contribution in [2.45, 2.75) is 59.3 Å². The Hall–Kier alpha value is -2.56. The van der Waals surface area contributed by atoms with E-state index in [1.54, 1.807) is 11.0 Å². The summed E-state index contributed by atoms with van der Waals surface area (Å²) in [6.07, 6.45) is 5.46. The largest absolute Gasteiger partial charge is 0.466 e. The molecule has 5 heteroatoms. The Kier molecular flexibility index (Phi) is 9.48. The molecular weight excluding hydrogens is 364 g/mol. The van der Waals surface area contributed by atoms with Gasteiger partial charge in [-0.3, -0.25) is 9.59 Å². The molecule has 0 unspecified atom stereocenters. The van der Waals surface area contributed by atoms with Crippen molar-refractivity contribution in [1.29, 1.82) is 0 Å². The fourth-order valence-electron chi connectivity index (χ4n) is 3.37. The minimum atomic E-state index is -0.0482. The molecule has 0 saturated carbocycles. The second-order valence-electron chi connectivity index (χ2n) is 7.52. The van der Waals surface area contributed by atoms with Crippen molar-refractivity contribution in [2.75, 3.05) is 19.6 Å². The lowest BCUT2D eigenvalue weighted by Gasteiger charge is -2.22. The van der Waals surface area contributed by atoms with Gasteiger partial charge < -0.3 is 14.6 Å². The lowest BCUT2D eigenvalue weighted by Crippen LogP contribution is -2.36. The molecule has 2 aromatic rings. The number of amides is 2. The van der Waals surface area contributed by atoms with Gasteiger partial charge >= 0.3 is 0 Å². The first-order valence-electron chi connectivity index (χ1n) is 10.7. The molecule has 1 aromatic heterocycles. The van der Waals surface area contributed by atoms with E-state index in [0.29, 0.717) is 37.4 Å². The second-order valence-corrected chi connectivity index (χ2v) is 7.52. The molecule has 0 saturated heterocycles. The average Bonchev–Trinajstić information content (AvgIpc) is 3.05. The maximum absolute atomic E-state index is 13.0. The van der Waals surface area contributed by atoms with E-state index in [0.717, 1.165) is 37.9 Å². The zero-order valence-corrected chi connectivity index (χ0v) is 18.0. The molecule has 1 heterocycles. The average molecular weight is 399 g/mol. The Morgan fingerprint density at radius 1 is 1.03 bits per heavy atom. The number of benzene rings is 1. The maximum Gasteiger partial charge on any atom is 0.257 e. The third kappa shape index (κ3) is 7.76. The van der Waals surface area contributed by atoms with Gasteiger partial charge in [-0.2, -0.15) is 0 Å². The van der Waals surface area contributed by atoms with Crippen molar-refractivity contribution in [3.63, 3.8) is 0 Å². The number of unbranched alkanes of at least 4 members (excludes halogenated alkanes) is 3. The zero-order valence-electron chi connectivity index (χ0n) is 18.0. The number of rotatable bonds is 12. The minimum absolute atomic E-state index is 0.0209. The molecular formula is C24H34N2O3. The summed E-state index contributed by atoms with van der Waals surface area (Å²) in [6.45, 7) is 7.51. The number of hydrogen-bond acceptors (Lipinski definition) is 3. The topological polar surface area (TPSA) is 62.6 Å². The summed E-state index contributed by atoms with van der Waals surface area (Å²) < 4.78 is 5.52. The third-order valence-corrected chi connectivity index (χ3v) is 5.03. The first kappa shape index (κ1) is 22.7. The van der Waals surface area contributed by atoms with Crippen molar-refractivity contribution in [3.8, 4) is 0 Å². The van der Waals surface area contributed by atoms with Crippen LogP contribution in [0.15, 0.2) is 40.8 Å². The molecule has 0 spiro atoms. The van der Waals surface area contributed by atoms with Gasteiger partial charge in [0.05, 0.1) is 5.56 Å². The molecule has 5 nitrogen and oxygen atoms in total. The highest BCUT2D eigenvalue weighted by molar-refractivity contribution is 5.95. The van der Waals surface area contributed by atoms with E-state index in [2.05, 4.69) is 24.4 Å². The number of hydrogen-bond donors (Lipinski definition) is 1. The van der Waals surface area contributed by atoms with Crippen LogP contribution >= 0.6 is 0 Å². The van der Waals surface area contributed by atoms with Gasteiger partial charge in [0.2, 0.25) is 5.91 Å². The Morgan fingerprint density at radius 3 is 2.45 bits per heavy atom. The van der Waals surface area contributed by atoms with E-state index in [4.69, 9.17) is 4.42 Å². The highest BCUT2D eigenvalue weighted by atomic mass is 16.3. The minimum Gasteiger partial charge on any atom is -0.466 e. The zero-order chi connectivity index (χ0) is 21.1. The van der Waals surface area contributed by atoms with Gasteiger partial charge in [-0.1, -0.05) is 56.5 Å². The maximum atomic E-state index is 13.0. The molecule has 29 heavy (non-hydrogen) atoms. The van der Waals surface area contributed by atoms with Crippen molar-refractivity contribution in [2.24, 2.45) is 0 Å². The fourth-order valence-corrected chi connectivity index (χ4v) is 3.37. The Balaban J connectivity index is 1.86. The monoisotopic (exact) mass is 398 g/mol. The van der Waals surface area contributed by atoms with Gasteiger partial charge in [-0.25, -0.2) is 0 Å². The molecule has 1 aromatic carbocycles. The summed E-state index contributed by atoms with van der Waals surface area (Å²) in [4.78, 5) is 27.1. The molecule has 0 bridgehead atoms. The van der Waals surface area contributed by atoms with Crippen LogP contribution in [0.2, 0.25) is 0 Å². The van der Waals surface area contributed by atoms with Crippen molar-refractivity contribution in [3.05, 3.63) is 59.0 Å². The van der Waals surface area contributed by atoms with Crippen LogP contribution in [0.25, 0.3) is 0 Å². The van der Waals surface area contributed by atoms with Gasteiger partial charge in [0.25, 0.3) is 5.91 Å². The quantitative estimate of drug-likeness (QED) is 0.529. The van der Waals surface area contributed by atoms with Crippen LogP contribution in [0.1, 0.15) is 66.5 Å². The van der Waals surface area contributed by atoms with Crippen molar-refractivity contribution in [1.82, 2.24) is 10.2 Å². The summed E-state index contributed by atoms with van der Waals surface area (Å²) >= 11 is 0. The van der Waals surface area contributed by atoms with E-state index in [-0.39, 0.29) is 11.8 Å². The molecule has 0 aliphatic rings.